The molecule has 6 rings (SSSR count). The standard InChI is InChI=1S/C37H30N2O6S/c1-22-10-7-8-11-27(22)21-44-28-18-16-25(17-19-28)33(41)31-32(26-12-9-15-30(20-26)45-29-13-5-4-6-14-29)39(36(43)34(31)42)37-38-23(2)35(46-37)24(3)40/h4-20,32,41H,21H2,1-3H3/b33-31+. The van der Waals surface area contributed by atoms with Crippen LogP contribution in [0.5, 0.6) is 17.2 Å². The van der Waals surface area contributed by atoms with Gasteiger partial charge >= 0.3 is 5.91 Å². The van der Waals surface area contributed by atoms with Crippen molar-refractivity contribution in [3.8, 4) is 17.2 Å². The summed E-state index contributed by atoms with van der Waals surface area (Å²) in [5.41, 5.74) is 3.37. The largest absolute Gasteiger partial charge is 0.507 e. The molecule has 9 heteroatoms. The summed E-state index contributed by atoms with van der Waals surface area (Å²) >= 11 is 1.03. The van der Waals surface area contributed by atoms with Gasteiger partial charge in [-0.1, -0.05) is 65.9 Å². The fraction of sp³-hybridized carbons (Fsp3) is 0.135. The lowest BCUT2D eigenvalue weighted by atomic mass is 9.95. The van der Waals surface area contributed by atoms with Crippen LogP contribution < -0.4 is 14.4 Å². The highest BCUT2D eigenvalue weighted by molar-refractivity contribution is 7.18. The number of ketones is 2. The summed E-state index contributed by atoms with van der Waals surface area (Å²) < 4.78 is 12.0. The van der Waals surface area contributed by atoms with Crippen LogP contribution in [0.25, 0.3) is 5.76 Å². The van der Waals surface area contributed by atoms with Gasteiger partial charge in [-0.3, -0.25) is 19.3 Å². The first-order chi connectivity index (χ1) is 22.2. The van der Waals surface area contributed by atoms with Crippen LogP contribution in [-0.2, 0) is 16.2 Å². The highest BCUT2D eigenvalue weighted by Gasteiger charge is 2.48. The zero-order valence-electron chi connectivity index (χ0n) is 25.4. The fourth-order valence-electron chi connectivity index (χ4n) is 5.33. The van der Waals surface area contributed by atoms with E-state index in [4.69, 9.17) is 9.47 Å². The average molecular weight is 631 g/mol. The van der Waals surface area contributed by atoms with E-state index < -0.39 is 17.7 Å². The van der Waals surface area contributed by atoms with E-state index in [1.54, 1.807) is 55.5 Å². The lowest BCUT2D eigenvalue weighted by Gasteiger charge is -2.23. The first-order valence-electron chi connectivity index (χ1n) is 14.6. The Morgan fingerprint density at radius 3 is 2.26 bits per heavy atom. The molecule has 0 radical (unpaired) electrons. The molecular formula is C37H30N2O6S. The van der Waals surface area contributed by atoms with Gasteiger partial charge in [0.1, 0.15) is 29.6 Å². The molecule has 0 aliphatic carbocycles. The molecule has 46 heavy (non-hydrogen) atoms. The van der Waals surface area contributed by atoms with Crippen LogP contribution in [0.2, 0.25) is 0 Å². The molecule has 1 fully saturated rings. The van der Waals surface area contributed by atoms with Crippen molar-refractivity contribution < 1.29 is 29.0 Å². The van der Waals surface area contributed by atoms with Gasteiger partial charge in [-0.05, 0) is 79.1 Å². The molecule has 0 spiro atoms. The van der Waals surface area contributed by atoms with E-state index in [-0.39, 0.29) is 22.2 Å². The Morgan fingerprint density at radius 2 is 1.57 bits per heavy atom. The van der Waals surface area contributed by atoms with Gasteiger partial charge in [-0.15, -0.1) is 0 Å². The number of benzene rings is 4. The molecule has 0 saturated carbocycles. The molecule has 230 valence electrons. The van der Waals surface area contributed by atoms with Crippen LogP contribution in [0.3, 0.4) is 0 Å². The number of hydrogen-bond donors (Lipinski definition) is 1. The molecule has 0 bridgehead atoms. The maximum absolute atomic E-state index is 13.7. The quantitative estimate of drug-likeness (QED) is 0.0762. The zero-order chi connectivity index (χ0) is 32.4. The van der Waals surface area contributed by atoms with Gasteiger partial charge in [-0.2, -0.15) is 0 Å². The van der Waals surface area contributed by atoms with Crippen molar-refractivity contribution in [2.45, 2.75) is 33.4 Å². The van der Waals surface area contributed by atoms with Crippen molar-refractivity contribution in [3.63, 3.8) is 0 Å². The third-order valence-electron chi connectivity index (χ3n) is 7.69. The maximum Gasteiger partial charge on any atom is 0.301 e. The Kier molecular flexibility index (Phi) is 8.50. The van der Waals surface area contributed by atoms with Crippen LogP contribution in [0.4, 0.5) is 5.13 Å². The number of aromatic nitrogens is 1. The predicted octanol–water partition coefficient (Wildman–Crippen LogP) is 7.96. The van der Waals surface area contributed by atoms with Crippen LogP contribution in [0.15, 0.2) is 109 Å². The summed E-state index contributed by atoms with van der Waals surface area (Å²) in [6.45, 7) is 5.50. The van der Waals surface area contributed by atoms with Crippen molar-refractivity contribution in [3.05, 3.63) is 142 Å². The van der Waals surface area contributed by atoms with Crippen molar-refractivity contribution >= 4 is 39.7 Å². The molecule has 5 aromatic rings. The van der Waals surface area contributed by atoms with Crippen molar-refractivity contribution in [2.24, 2.45) is 0 Å². The molecule has 1 amide bonds. The topological polar surface area (TPSA) is 106 Å². The number of Topliss-reactive ketones (excluding diaryl/α,β-unsaturated/α-hetero) is 2. The molecule has 2 heterocycles. The molecule has 1 N–H and O–H groups in total. The number of anilines is 1. The number of ether oxygens (including phenoxy) is 2. The SMILES string of the molecule is CC(=O)c1sc(N2C(=O)C(=O)/C(=C(/O)c3ccc(OCc4ccccc4C)cc3)C2c2cccc(Oc3ccccc3)c2)nc1C. The van der Waals surface area contributed by atoms with E-state index in [0.717, 1.165) is 22.5 Å². The van der Waals surface area contributed by atoms with Gasteiger partial charge in [0, 0.05) is 12.5 Å². The van der Waals surface area contributed by atoms with Gasteiger partial charge in [0.05, 0.1) is 22.2 Å². The molecule has 8 nitrogen and oxygen atoms in total. The van der Waals surface area contributed by atoms with Gasteiger partial charge < -0.3 is 14.6 Å². The number of aryl methyl sites for hydroxylation is 2. The van der Waals surface area contributed by atoms with Gasteiger partial charge in [-0.25, -0.2) is 4.98 Å². The second kappa shape index (κ2) is 12.8. The number of hydrogen-bond acceptors (Lipinski definition) is 8. The Hall–Kier alpha value is -5.54. The van der Waals surface area contributed by atoms with Crippen LogP contribution >= 0.6 is 11.3 Å². The number of amides is 1. The molecule has 4 aromatic carbocycles. The lowest BCUT2D eigenvalue weighted by Crippen LogP contribution is -2.29. The summed E-state index contributed by atoms with van der Waals surface area (Å²) in [6.07, 6.45) is 0. The Balaban J connectivity index is 1.40. The highest BCUT2D eigenvalue weighted by Crippen LogP contribution is 2.44. The van der Waals surface area contributed by atoms with Crippen LogP contribution in [0.1, 0.15) is 50.6 Å². The minimum atomic E-state index is -1.04. The zero-order valence-corrected chi connectivity index (χ0v) is 26.2. The minimum Gasteiger partial charge on any atom is -0.507 e. The lowest BCUT2D eigenvalue weighted by molar-refractivity contribution is -0.132. The van der Waals surface area contributed by atoms with Crippen LogP contribution in [-0.4, -0.2) is 27.6 Å². The molecule has 1 aliphatic heterocycles. The maximum atomic E-state index is 13.7. The van der Waals surface area contributed by atoms with Crippen molar-refractivity contribution in [1.29, 1.82) is 0 Å². The van der Waals surface area contributed by atoms with E-state index >= 15 is 0 Å². The number of aliphatic hydroxyl groups excluding tert-OH is 1. The van der Waals surface area contributed by atoms with Crippen molar-refractivity contribution in [1.82, 2.24) is 4.98 Å². The first kappa shape index (κ1) is 30.5. The number of carbonyl (C=O) groups excluding carboxylic acids is 3. The average Bonchev–Trinajstić information content (AvgIpc) is 3.57. The van der Waals surface area contributed by atoms with Gasteiger partial charge in [0.2, 0.25) is 0 Å². The number of nitrogens with zero attached hydrogens (tertiary/aromatic N) is 2. The van der Waals surface area contributed by atoms with E-state index in [1.807, 2.05) is 61.5 Å². The number of carbonyl (C=O) groups is 3. The van der Waals surface area contributed by atoms with E-state index in [0.29, 0.717) is 45.6 Å². The van der Waals surface area contributed by atoms with Crippen molar-refractivity contribution in [2.75, 3.05) is 4.90 Å². The molecular weight excluding hydrogens is 600 g/mol. The Labute approximate surface area is 270 Å². The molecule has 1 saturated heterocycles. The summed E-state index contributed by atoms with van der Waals surface area (Å²) in [5.74, 6) is -0.595. The second-order valence-corrected chi connectivity index (χ2v) is 11.8. The fourth-order valence-corrected chi connectivity index (χ4v) is 6.32. The van der Waals surface area contributed by atoms with Gasteiger partial charge in [0.25, 0.3) is 5.78 Å². The number of thiazole rings is 1. The van der Waals surface area contributed by atoms with Gasteiger partial charge in [0.15, 0.2) is 10.9 Å². The van der Waals surface area contributed by atoms with Crippen LogP contribution in [0, 0.1) is 13.8 Å². The molecule has 1 aliphatic rings. The Bertz CT molecular complexity index is 1980. The Morgan fingerprint density at radius 1 is 0.870 bits per heavy atom. The smallest absolute Gasteiger partial charge is 0.301 e. The molecule has 1 atom stereocenters. The molecule has 1 aromatic heterocycles. The number of para-hydroxylation sites is 1. The van der Waals surface area contributed by atoms with E-state index in [1.165, 1.54) is 11.8 Å². The number of aliphatic hydroxyl groups is 1. The summed E-state index contributed by atoms with van der Waals surface area (Å²) in [5, 5.41) is 11.8. The predicted molar refractivity (Wildman–Crippen MR) is 177 cm³/mol. The first-order valence-corrected chi connectivity index (χ1v) is 15.4. The second-order valence-electron chi connectivity index (χ2n) is 10.9. The van der Waals surface area contributed by atoms with E-state index in [9.17, 15) is 19.5 Å². The third kappa shape index (κ3) is 6.05. The number of rotatable bonds is 9. The third-order valence-corrected chi connectivity index (χ3v) is 8.95. The summed E-state index contributed by atoms with van der Waals surface area (Å²) in [6, 6.07) is 29.8. The highest BCUT2D eigenvalue weighted by atomic mass is 32.1. The monoisotopic (exact) mass is 630 g/mol. The molecule has 1 unspecified atom stereocenters. The summed E-state index contributed by atoms with van der Waals surface area (Å²) in [7, 11) is 0. The minimum absolute atomic E-state index is 0.104. The normalized spacial score (nSPS) is 15.6. The van der Waals surface area contributed by atoms with E-state index in [2.05, 4.69) is 4.98 Å². The summed E-state index contributed by atoms with van der Waals surface area (Å²) in [4.78, 5) is 45.7.